The van der Waals surface area contributed by atoms with E-state index in [1.54, 1.807) is 42.5 Å². The van der Waals surface area contributed by atoms with Gasteiger partial charge in [0.25, 0.3) is 0 Å². The zero-order valence-corrected chi connectivity index (χ0v) is 19.6. The van der Waals surface area contributed by atoms with Crippen LogP contribution in [0.5, 0.6) is 11.5 Å². The fraction of sp³-hybridized carbons (Fsp3) is 0.133. The highest BCUT2D eigenvalue weighted by Gasteiger charge is 2.21. The second kappa shape index (κ2) is 12.7. The third-order valence-electron chi connectivity index (χ3n) is 5.21. The summed E-state index contributed by atoms with van der Waals surface area (Å²) < 4.78 is 11.6. The average molecular weight is 479 g/mol. The van der Waals surface area contributed by atoms with Gasteiger partial charge in [-0.15, -0.1) is 0 Å². The first-order valence-electron chi connectivity index (χ1n) is 11.6. The van der Waals surface area contributed by atoms with Gasteiger partial charge in [0.2, 0.25) is 11.8 Å². The van der Waals surface area contributed by atoms with Crippen molar-refractivity contribution in [1.29, 1.82) is 0 Å². The van der Waals surface area contributed by atoms with E-state index in [4.69, 9.17) is 9.47 Å². The molecule has 2 amide bonds. The molecule has 0 saturated heterocycles. The Hall–Kier alpha value is -4.60. The molecule has 4 aromatic rings. The van der Waals surface area contributed by atoms with Crippen LogP contribution in [0.25, 0.3) is 0 Å². The highest BCUT2D eigenvalue weighted by molar-refractivity contribution is 5.97. The number of anilines is 1. The van der Waals surface area contributed by atoms with Gasteiger partial charge >= 0.3 is 0 Å². The fourth-order valence-electron chi connectivity index (χ4n) is 3.42. The lowest BCUT2D eigenvalue weighted by Gasteiger charge is -2.19. The van der Waals surface area contributed by atoms with E-state index in [0.29, 0.717) is 23.6 Å². The van der Waals surface area contributed by atoms with Crippen LogP contribution in [0.2, 0.25) is 0 Å². The second-order valence-corrected chi connectivity index (χ2v) is 8.05. The summed E-state index contributed by atoms with van der Waals surface area (Å²) in [6.07, 6.45) is 0.0886. The molecule has 2 N–H and O–H groups in total. The van der Waals surface area contributed by atoms with Crippen molar-refractivity contribution in [3.05, 3.63) is 126 Å². The minimum absolute atomic E-state index is 0.0201. The second-order valence-electron chi connectivity index (χ2n) is 8.05. The lowest BCUT2D eigenvalue weighted by molar-refractivity contribution is -0.127. The van der Waals surface area contributed by atoms with Crippen LogP contribution < -0.4 is 15.4 Å². The number of carbonyl (C=O) groups excluding carboxylic acids is 2. The number of rotatable bonds is 11. The van der Waals surface area contributed by atoms with Crippen LogP contribution in [0.4, 0.5) is 5.69 Å². The van der Waals surface area contributed by atoms with Crippen LogP contribution in [-0.4, -0.2) is 24.5 Å². The number of nitrogens with one attached hydrogen (secondary N) is 2. The number of ether oxygens (including phenoxy) is 2. The Kier molecular flexibility index (Phi) is 8.68. The Labute approximate surface area is 210 Å². The van der Waals surface area contributed by atoms with Crippen molar-refractivity contribution >= 4 is 17.5 Å². The van der Waals surface area contributed by atoms with Crippen molar-refractivity contribution in [2.75, 3.05) is 11.9 Å². The van der Waals surface area contributed by atoms with Gasteiger partial charge in [-0.3, -0.25) is 9.59 Å². The van der Waals surface area contributed by atoms with Gasteiger partial charge in [0, 0.05) is 11.3 Å². The first kappa shape index (κ1) is 24.5. The number of benzene rings is 3. The summed E-state index contributed by atoms with van der Waals surface area (Å²) in [6, 6.07) is 36.2. The molecule has 0 aromatic heterocycles. The van der Waals surface area contributed by atoms with Crippen LogP contribution >= 0.6 is 0 Å². The maximum absolute atomic E-state index is 13.1. The lowest BCUT2D eigenvalue weighted by atomic mass is 10.1. The molecule has 180 valence electrons. The number of carbonyl (C=O) groups is 2. The van der Waals surface area contributed by atoms with E-state index in [1.165, 1.54) is 0 Å². The SMILES string of the molecule is O=C(Cc1c#cccc1)NC(COCc1ccccc1)C(=O)Nc1ccc(Oc2ccccc2)cc1. The number of para-hydroxylation sites is 1. The molecule has 0 fully saturated rings. The number of hydrogen-bond donors (Lipinski definition) is 2. The van der Waals surface area contributed by atoms with Crippen molar-refractivity contribution in [1.82, 2.24) is 5.32 Å². The van der Waals surface area contributed by atoms with Gasteiger partial charge in [0.15, 0.2) is 0 Å². The number of hydrogen-bond acceptors (Lipinski definition) is 4. The van der Waals surface area contributed by atoms with Crippen molar-refractivity contribution < 1.29 is 19.1 Å². The van der Waals surface area contributed by atoms with Gasteiger partial charge in [0.05, 0.1) is 19.6 Å². The Bertz CT molecular complexity index is 1230. The quantitative estimate of drug-likeness (QED) is 0.319. The molecule has 0 bridgehead atoms. The van der Waals surface area contributed by atoms with Crippen molar-refractivity contribution in [3.8, 4) is 11.5 Å². The smallest absolute Gasteiger partial charge is 0.249 e. The third kappa shape index (κ3) is 7.73. The summed E-state index contributed by atoms with van der Waals surface area (Å²) in [5.41, 5.74) is 2.24. The Morgan fingerprint density at radius 3 is 2.19 bits per heavy atom. The van der Waals surface area contributed by atoms with Crippen LogP contribution in [0.15, 0.2) is 103 Å². The molecule has 0 heterocycles. The molecule has 1 atom stereocenters. The predicted octanol–water partition coefficient (Wildman–Crippen LogP) is 4.96. The van der Waals surface area contributed by atoms with Gasteiger partial charge in [-0.05, 0) is 54.1 Å². The Morgan fingerprint density at radius 1 is 0.806 bits per heavy atom. The minimum atomic E-state index is -0.880. The van der Waals surface area contributed by atoms with E-state index in [9.17, 15) is 9.59 Å². The average Bonchev–Trinajstić information content (AvgIpc) is 2.91. The van der Waals surface area contributed by atoms with Crippen LogP contribution in [0.3, 0.4) is 0 Å². The molecule has 0 radical (unpaired) electrons. The monoisotopic (exact) mass is 478 g/mol. The van der Waals surface area contributed by atoms with Crippen LogP contribution in [0, 0.1) is 12.1 Å². The summed E-state index contributed by atoms with van der Waals surface area (Å²) in [5, 5.41) is 5.63. The van der Waals surface area contributed by atoms with Crippen LogP contribution in [-0.2, 0) is 27.4 Å². The van der Waals surface area contributed by atoms with Gasteiger partial charge in [-0.1, -0.05) is 66.7 Å². The van der Waals surface area contributed by atoms with E-state index in [1.807, 2.05) is 60.7 Å². The molecule has 0 aliphatic heterocycles. The molecule has 6 nitrogen and oxygen atoms in total. The van der Waals surface area contributed by atoms with E-state index in [-0.39, 0.29) is 24.8 Å². The lowest BCUT2D eigenvalue weighted by Crippen LogP contribution is -2.47. The summed E-state index contributed by atoms with van der Waals surface area (Å²) in [6.45, 7) is 0.347. The van der Waals surface area contributed by atoms with Crippen molar-refractivity contribution in [2.24, 2.45) is 0 Å². The molecule has 0 aliphatic carbocycles. The Balaban J connectivity index is 1.37. The third-order valence-corrected chi connectivity index (χ3v) is 5.21. The van der Waals surface area contributed by atoms with E-state index >= 15 is 0 Å². The zero-order valence-electron chi connectivity index (χ0n) is 19.6. The molecule has 4 rings (SSSR count). The van der Waals surface area contributed by atoms with E-state index in [0.717, 1.165) is 11.3 Å². The molecule has 4 aromatic carbocycles. The molecule has 6 heteroatoms. The maximum Gasteiger partial charge on any atom is 0.249 e. The van der Waals surface area contributed by atoms with Gasteiger partial charge < -0.3 is 20.1 Å². The largest absolute Gasteiger partial charge is 0.457 e. The predicted molar refractivity (Wildman–Crippen MR) is 137 cm³/mol. The summed E-state index contributed by atoms with van der Waals surface area (Å²) in [5.74, 6) is 0.685. The molecule has 0 saturated carbocycles. The first-order valence-corrected chi connectivity index (χ1v) is 11.6. The van der Waals surface area contributed by atoms with Gasteiger partial charge in [-0.25, -0.2) is 0 Å². The molecule has 0 spiro atoms. The van der Waals surface area contributed by atoms with E-state index < -0.39 is 6.04 Å². The summed E-state index contributed by atoms with van der Waals surface area (Å²) in [7, 11) is 0. The Morgan fingerprint density at radius 2 is 1.50 bits per heavy atom. The number of amides is 2. The molecular weight excluding hydrogens is 452 g/mol. The summed E-state index contributed by atoms with van der Waals surface area (Å²) >= 11 is 0. The highest BCUT2D eigenvalue weighted by Crippen LogP contribution is 2.22. The topological polar surface area (TPSA) is 76.7 Å². The zero-order chi connectivity index (χ0) is 25.0. The highest BCUT2D eigenvalue weighted by atomic mass is 16.5. The van der Waals surface area contributed by atoms with Gasteiger partial charge in [-0.2, -0.15) is 0 Å². The fourth-order valence-corrected chi connectivity index (χ4v) is 3.42. The minimum Gasteiger partial charge on any atom is -0.457 e. The van der Waals surface area contributed by atoms with Crippen LogP contribution in [0.1, 0.15) is 11.1 Å². The first-order chi connectivity index (χ1) is 17.7. The van der Waals surface area contributed by atoms with Crippen molar-refractivity contribution in [3.63, 3.8) is 0 Å². The van der Waals surface area contributed by atoms with Crippen molar-refractivity contribution in [2.45, 2.75) is 19.1 Å². The maximum atomic E-state index is 13.1. The molecule has 1 unspecified atom stereocenters. The summed E-state index contributed by atoms with van der Waals surface area (Å²) in [4.78, 5) is 25.7. The molecule has 0 aliphatic rings. The van der Waals surface area contributed by atoms with Gasteiger partial charge in [0.1, 0.15) is 17.5 Å². The van der Waals surface area contributed by atoms with E-state index in [2.05, 4.69) is 22.8 Å². The standard InChI is InChI=1S/C30H26N2O4/c33-29(20-23-10-4-1-5-11-23)32-28(22-35-21-24-12-6-2-7-13-24)30(34)31-25-16-18-27(19-17-25)36-26-14-8-3-9-15-26/h1-4,6-10,12-19,28H,20-22H2,(H,31,34)(H,32,33). The molecule has 36 heavy (non-hydrogen) atoms. The normalized spacial score (nSPS) is 11.1. The molecular formula is C30H26N2O4.